The van der Waals surface area contributed by atoms with Crippen molar-refractivity contribution in [1.82, 2.24) is 0 Å². The molecule has 0 atom stereocenters. The Morgan fingerprint density at radius 3 is 1.71 bits per heavy atom. The van der Waals surface area contributed by atoms with Crippen LogP contribution in [0.4, 0.5) is 0 Å². The van der Waals surface area contributed by atoms with Gasteiger partial charge in [-0.2, -0.15) is 0 Å². The highest BCUT2D eigenvalue weighted by atomic mass is 16.5. The van der Waals surface area contributed by atoms with Crippen LogP contribution in [0.15, 0.2) is 85.5 Å². The smallest absolute Gasteiger partial charge is 0.0713 e. The monoisotopic (exact) mass is 410 g/mol. The van der Waals surface area contributed by atoms with E-state index in [4.69, 9.17) is 4.74 Å². The molecule has 0 saturated heterocycles. The predicted molar refractivity (Wildman–Crippen MR) is 132 cm³/mol. The van der Waals surface area contributed by atoms with Crippen LogP contribution in [0.5, 0.6) is 0 Å². The number of benzene rings is 3. The van der Waals surface area contributed by atoms with Crippen molar-refractivity contribution in [2.75, 3.05) is 7.11 Å². The fourth-order valence-corrected chi connectivity index (χ4v) is 4.90. The lowest BCUT2D eigenvalue weighted by Crippen LogP contribution is -2.13. The molecule has 3 aromatic carbocycles. The maximum atomic E-state index is 5.20. The molecule has 0 aromatic heterocycles. The summed E-state index contributed by atoms with van der Waals surface area (Å²) in [4.78, 5) is 0. The van der Waals surface area contributed by atoms with Gasteiger partial charge in [0, 0.05) is 7.11 Å². The molecule has 1 aliphatic rings. The third kappa shape index (κ3) is 5.54. The Morgan fingerprint density at radius 2 is 1.23 bits per heavy atom. The topological polar surface area (TPSA) is 9.23 Å². The Morgan fingerprint density at radius 1 is 0.742 bits per heavy atom. The molecular formula is C30H34O. The molecule has 0 spiro atoms. The van der Waals surface area contributed by atoms with Crippen LogP contribution in [0.1, 0.15) is 55.6 Å². The number of allylic oxidation sites excluding steroid dienone is 1. The van der Waals surface area contributed by atoms with Crippen LogP contribution in [0.3, 0.4) is 0 Å². The maximum absolute atomic E-state index is 5.20. The number of hydrogen-bond acceptors (Lipinski definition) is 1. The molecule has 1 saturated carbocycles. The van der Waals surface area contributed by atoms with Crippen LogP contribution in [-0.4, -0.2) is 7.11 Å². The van der Waals surface area contributed by atoms with E-state index in [-0.39, 0.29) is 0 Å². The van der Waals surface area contributed by atoms with Crippen molar-refractivity contribution < 1.29 is 4.74 Å². The molecule has 4 rings (SSSR count). The molecule has 0 N–H and O–H groups in total. The molecule has 1 nitrogen and oxygen atoms in total. The number of rotatable bonds is 8. The van der Waals surface area contributed by atoms with Gasteiger partial charge < -0.3 is 4.74 Å². The van der Waals surface area contributed by atoms with Crippen LogP contribution >= 0.6 is 0 Å². The third-order valence-corrected chi connectivity index (χ3v) is 6.82. The van der Waals surface area contributed by atoms with E-state index in [9.17, 15) is 0 Å². The minimum Gasteiger partial charge on any atom is -0.380 e. The average molecular weight is 411 g/mol. The second-order valence-corrected chi connectivity index (χ2v) is 8.91. The van der Waals surface area contributed by atoms with Crippen molar-refractivity contribution in [3.05, 3.63) is 96.6 Å². The molecule has 1 heteroatoms. The molecular weight excluding hydrogens is 376 g/mol. The van der Waals surface area contributed by atoms with Crippen LogP contribution in [0.2, 0.25) is 0 Å². The van der Waals surface area contributed by atoms with Gasteiger partial charge in [-0.1, -0.05) is 78.9 Å². The van der Waals surface area contributed by atoms with Gasteiger partial charge in [-0.15, -0.1) is 6.58 Å². The zero-order valence-corrected chi connectivity index (χ0v) is 18.7. The molecule has 1 fully saturated rings. The lowest BCUT2D eigenvalue weighted by Gasteiger charge is -2.28. The van der Waals surface area contributed by atoms with Gasteiger partial charge in [0.05, 0.1) is 6.61 Å². The van der Waals surface area contributed by atoms with E-state index in [0.29, 0.717) is 6.61 Å². The lowest BCUT2D eigenvalue weighted by atomic mass is 9.77. The Kier molecular flexibility index (Phi) is 7.38. The van der Waals surface area contributed by atoms with E-state index >= 15 is 0 Å². The quantitative estimate of drug-likeness (QED) is 0.339. The summed E-state index contributed by atoms with van der Waals surface area (Å²) in [6.45, 7) is 4.52. The van der Waals surface area contributed by atoms with Crippen molar-refractivity contribution in [3.63, 3.8) is 0 Å². The summed E-state index contributed by atoms with van der Waals surface area (Å²) in [6.07, 6.45) is 9.96. The second kappa shape index (κ2) is 10.6. The highest BCUT2D eigenvalue weighted by molar-refractivity contribution is 5.70. The molecule has 0 unspecified atom stereocenters. The lowest BCUT2D eigenvalue weighted by molar-refractivity contribution is 0.185. The van der Waals surface area contributed by atoms with Crippen molar-refractivity contribution in [3.8, 4) is 22.3 Å². The van der Waals surface area contributed by atoms with Crippen LogP contribution in [-0.2, 0) is 11.3 Å². The molecule has 0 aliphatic heterocycles. The van der Waals surface area contributed by atoms with Gasteiger partial charge in [-0.3, -0.25) is 0 Å². The summed E-state index contributed by atoms with van der Waals surface area (Å²) in [6, 6.07) is 26.8. The summed E-state index contributed by atoms with van der Waals surface area (Å²) >= 11 is 0. The second-order valence-electron chi connectivity index (χ2n) is 8.91. The Hall–Kier alpha value is -2.64. The van der Waals surface area contributed by atoms with Crippen molar-refractivity contribution >= 4 is 0 Å². The largest absolute Gasteiger partial charge is 0.380 e. The molecule has 0 amide bonds. The number of ether oxygens (including phenoxy) is 1. The van der Waals surface area contributed by atoms with E-state index in [0.717, 1.165) is 11.8 Å². The van der Waals surface area contributed by atoms with Gasteiger partial charge in [0.15, 0.2) is 0 Å². The first kappa shape index (κ1) is 21.6. The average Bonchev–Trinajstić information content (AvgIpc) is 2.84. The van der Waals surface area contributed by atoms with E-state index in [1.165, 1.54) is 71.9 Å². The van der Waals surface area contributed by atoms with E-state index in [1.54, 1.807) is 7.11 Å². The third-order valence-electron chi connectivity index (χ3n) is 6.82. The normalized spacial score (nSPS) is 18.6. The van der Waals surface area contributed by atoms with Gasteiger partial charge in [0.25, 0.3) is 0 Å². The fraction of sp³-hybridized carbons (Fsp3) is 0.333. The van der Waals surface area contributed by atoms with E-state index in [1.807, 2.05) is 0 Å². The Bertz CT molecular complexity index is 943. The highest BCUT2D eigenvalue weighted by Crippen LogP contribution is 2.38. The van der Waals surface area contributed by atoms with Crippen LogP contribution in [0, 0.1) is 5.92 Å². The fourth-order valence-electron chi connectivity index (χ4n) is 4.90. The molecule has 3 aromatic rings. The zero-order chi connectivity index (χ0) is 21.5. The summed E-state index contributed by atoms with van der Waals surface area (Å²) in [5.41, 5.74) is 7.78. The molecule has 31 heavy (non-hydrogen) atoms. The van der Waals surface area contributed by atoms with E-state index < -0.39 is 0 Å². The SMILES string of the molecule is C=CCCC1CCC(c2ccc(-c3ccc(-c4ccc(COC)cc4)cc3)cc2)CC1. The van der Waals surface area contributed by atoms with Crippen molar-refractivity contribution in [1.29, 1.82) is 0 Å². The molecule has 0 heterocycles. The van der Waals surface area contributed by atoms with Gasteiger partial charge in [0.1, 0.15) is 0 Å². The zero-order valence-electron chi connectivity index (χ0n) is 18.7. The molecule has 160 valence electrons. The maximum Gasteiger partial charge on any atom is 0.0713 e. The van der Waals surface area contributed by atoms with Gasteiger partial charge in [-0.25, -0.2) is 0 Å². The minimum atomic E-state index is 0.659. The van der Waals surface area contributed by atoms with Gasteiger partial charge in [0.2, 0.25) is 0 Å². The standard InChI is InChI=1S/C30H34O/c1-3-4-5-23-6-10-25(11-7-23)27-14-18-29(19-15-27)30-20-16-28(17-21-30)26-12-8-24(9-13-26)22-31-2/h3,8-9,12-21,23,25H,1,4-7,10-11,22H2,2H3. The molecule has 0 bridgehead atoms. The van der Waals surface area contributed by atoms with Gasteiger partial charge >= 0.3 is 0 Å². The summed E-state index contributed by atoms with van der Waals surface area (Å²) in [5.74, 6) is 1.64. The first-order valence-corrected chi connectivity index (χ1v) is 11.7. The van der Waals surface area contributed by atoms with Crippen molar-refractivity contribution in [2.24, 2.45) is 5.92 Å². The Balaban J connectivity index is 1.38. The molecule has 1 aliphatic carbocycles. The first-order valence-electron chi connectivity index (χ1n) is 11.7. The van der Waals surface area contributed by atoms with Crippen molar-refractivity contribution in [2.45, 2.75) is 51.0 Å². The highest BCUT2D eigenvalue weighted by Gasteiger charge is 2.21. The number of methoxy groups -OCH3 is 1. The van der Waals surface area contributed by atoms with Crippen LogP contribution < -0.4 is 0 Å². The summed E-state index contributed by atoms with van der Waals surface area (Å²) in [5, 5.41) is 0. The van der Waals surface area contributed by atoms with E-state index in [2.05, 4.69) is 85.5 Å². The van der Waals surface area contributed by atoms with Gasteiger partial charge in [-0.05, 0) is 83.7 Å². The first-order chi connectivity index (χ1) is 15.3. The Labute approximate surface area is 187 Å². The summed E-state index contributed by atoms with van der Waals surface area (Å²) < 4.78 is 5.20. The molecule has 0 radical (unpaired) electrons. The minimum absolute atomic E-state index is 0.659. The predicted octanol–water partition coefficient (Wildman–Crippen LogP) is 8.41. The number of hydrogen-bond donors (Lipinski definition) is 0. The van der Waals surface area contributed by atoms with Crippen LogP contribution in [0.25, 0.3) is 22.3 Å². The summed E-state index contributed by atoms with van der Waals surface area (Å²) in [7, 11) is 1.73.